The predicted molar refractivity (Wildman–Crippen MR) is 12.9 cm³/mol. The maximum Gasteiger partial charge on any atom is 2.00 e. The van der Waals surface area contributed by atoms with Gasteiger partial charge in [0.2, 0.25) is 0 Å². The van der Waals surface area contributed by atoms with Crippen molar-refractivity contribution in [1.82, 2.24) is 0 Å². The zero-order valence-corrected chi connectivity index (χ0v) is 12.6. The summed E-state index contributed by atoms with van der Waals surface area (Å²) in [7, 11) is 0. The van der Waals surface area contributed by atoms with Crippen LogP contribution in [0.15, 0.2) is 0 Å². The van der Waals surface area contributed by atoms with Crippen molar-refractivity contribution in [1.29, 1.82) is 0 Å². The van der Waals surface area contributed by atoms with Gasteiger partial charge < -0.3 is 0 Å². The van der Waals surface area contributed by atoms with Crippen LogP contribution in [0.25, 0.3) is 0 Å². The van der Waals surface area contributed by atoms with Crippen LogP contribution in [0.2, 0.25) is 0 Å². The van der Waals surface area contributed by atoms with Crippen molar-refractivity contribution in [3.63, 3.8) is 0 Å². The van der Waals surface area contributed by atoms with E-state index in [2.05, 4.69) is 0 Å². The van der Waals surface area contributed by atoms with E-state index in [1.165, 1.54) is 0 Å². The normalized spacial score (nSPS) is 9.08. The number of hydrogen-bond acceptors (Lipinski definition) is 8. The van der Waals surface area contributed by atoms with Gasteiger partial charge in [-0.2, -0.15) is 0 Å². The molecule has 0 N–H and O–H groups in total. The Balaban J connectivity index is -0.0000000267. The fourth-order valence-corrected chi connectivity index (χ4v) is 0. The first-order valence-corrected chi connectivity index (χ1v) is 7.59. The summed E-state index contributed by atoms with van der Waals surface area (Å²) in [6, 6.07) is 0. The van der Waals surface area contributed by atoms with E-state index in [9.17, 15) is 0 Å². The van der Waals surface area contributed by atoms with Gasteiger partial charge in [-0.3, -0.25) is 0 Å². The summed E-state index contributed by atoms with van der Waals surface area (Å²) in [5.41, 5.74) is 0. The Morgan fingerprint density at radius 3 is 0.538 bits per heavy atom. The Hall–Kier alpha value is 2.04. The molecular formula is As2Mn3O8. The van der Waals surface area contributed by atoms with Crippen LogP contribution in [0, 0.1) is 0 Å². The zero-order valence-electron chi connectivity index (χ0n) is 5.29. The molecule has 0 amide bonds. The molecular weight excluding hydrogens is 443 g/mol. The van der Waals surface area contributed by atoms with Gasteiger partial charge in [-0.1, -0.05) is 0 Å². The molecule has 0 rings (SSSR count). The molecule has 0 aromatic rings. The maximum atomic E-state index is 8.61. The topological polar surface area (TPSA) is 172 Å². The van der Waals surface area contributed by atoms with Crippen LogP contribution >= 0.6 is 0 Å². The van der Waals surface area contributed by atoms with Crippen molar-refractivity contribution < 1.29 is 83.3 Å². The zero-order chi connectivity index (χ0) is 9.00. The van der Waals surface area contributed by atoms with Gasteiger partial charge in [-0.15, -0.1) is 0 Å². The minimum Gasteiger partial charge on any atom is 2.00 e. The van der Waals surface area contributed by atoms with Crippen LogP contribution in [0.1, 0.15) is 0 Å². The van der Waals surface area contributed by atoms with E-state index in [-0.39, 0.29) is 51.2 Å². The smallest absolute Gasteiger partial charge is 2.00 e. The number of rotatable bonds is 0. The average Bonchev–Trinajstić information content (AvgIpc) is 1.12. The summed E-state index contributed by atoms with van der Waals surface area (Å²) < 4.78 is 68.9. The molecule has 0 fully saturated rings. The SMILES string of the molecule is O=[As]([O-])([O-])[O-].O=[As]([O-])([O-])[O-].[Mn+2].[Mn+2].[Mn+2]. The van der Waals surface area contributed by atoms with Crippen molar-refractivity contribution in [3.8, 4) is 0 Å². The van der Waals surface area contributed by atoms with Gasteiger partial charge in [0.05, 0.1) is 0 Å². The van der Waals surface area contributed by atoms with Gasteiger partial charge in [0.1, 0.15) is 0 Å². The second kappa shape index (κ2) is 12.1. The Bertz CT molecular complexity index is 130. The third-order valence-corrected chi connectivity index (χ3v) is 0. The molecule has 8 nitrogen and oxygen atoms in total. The summed E-state index contributed by atoms with van der Waals surface area (Å²) in [5, 5.41) is 0. The first-order valence-electron chi connectivity index (χ1n) is 1.46. The average molecular weight is 443 g/mol. The molecule has 0 aromatic heterocycles. The van der Waals surface area contributed by atoms with Gasteiger partial charge >= 0.3 is 112 Å². The minimum atomic E-state index is -5.88. The van der Waals surface area contributed by atoms with E-state index in [0.29, 0.717) is 0 Å². The molecule has 0 spiro atoms. The van der Waals surface area contributed by atoms with Gasteiger partial charge in [0.25, 0.3) is 0 Å². The van der Waals surface area contributed by atoms with Crippen LogP contribution in [0.4, 0.5) is 0 Å². The van der Waals surface area contributed by atoms with Gasteiger partial charge in [-0.05, 0) is 0 Å². The monoisotopic (exact) mass is 443 g/mol. The van der Waals surface area contributed by atoms with Gasteiger partial charge in [0, 0.05) is 0 Å². The first-order chi connectivity index (χ1) is 4.00. The summed E-state index contributed by atoms with van der Waals surface area (Å²) >= 11 is -11.8. The van der Waals surface area contributed by atoms with E-state index in [4.69, 9.17) is 32.1 Å². The van der Waals surface area contributed by atoms with Crippen LogP contribution in [-0.4, -0.2) is 29.0 Å². The quantitative estimate of drug-likeness (QED) is 0.332. The molecule has 0 aliphatic rings. The molecule has 0 saturated heterocycles. The van der Waals surface area contributed by atoms with Crippen molar-refractivity contribution in [2.75, 3.05) is 0 Å². The van der Waals surface area contributed by atoms with E-state index < -0.39 is 29.0 Å². The third kappa shape index (κ3) is 491. The second-order valence-electron chi connectivity index (χ2n) is 0.894. The Morgan fingerprint density at radius 2 is 0.538 bits per heavy atom. The summed E-state index contributed by atoms with van der Waals surface area (Å²) in [5.74, 6) is 0. The summed E-state index contributed by atoms with van der Waals surface area (Å²) in [6.45, 7) is 0. The summed E-state index contributed by atoms with van der Waals surface area (Å²) in [4.78, 5) is 0. The molecule has 3 radical (unpaired) electrons. The molecule has 0 aromatic carbocycles. The Kier molecular flexibility index (Phi) is 27.4. The van der Waals surface area contributed by atoms with Crippen LogP contribution < -0.4 is 24.6 Å². The standard InChI is InChI=1S/2AsH3O4.3Mn/c2*2-1(3,4)5;;;/h2*(H3,2,3,4,5);;;/q;;3*+2/p-6. The van der Waals surface area contributed by atoms with E-state index in [1.807, 2.05) is 0 Å². The molecule has 0 unspecified atom stereocenters. The van der Waals surface area contributed by atoms with E-state index in [0.717, 1.165) is 0 Å². The van der Waals surface area contributed by atoms with Crippen LogP contribution in [-0.2, 0) is 58.7 Å². The van der Waals surface area contributed by atoms with Gasteiger partial charge in [0.15, 0.2) is 0 Å². The van der Waals surface area contributed by atoms with Crippen molar-refractivity contribution in [2.24, 2.45) is 0 Å². The van der Waals surface area contributed by atoms with Crippen molar-refractivity contribution in [3.05, 3.63) is 0 Å². The fraction of sp³-hybridized carbons (Fsp3) is 0. The van der Waals surface area contributed by atoms with Crippen LogP contribution in [0.3, 0.4) is 0 Å². The molecule has 0 bridgehead atoms. The molecule has 0 aliphatic carbocycles. The maximum absolute atomic E-state index is 8.61. The third-order valence-electron chi connectivity index (χ3n) is 0. The minimum absolute atomic E-state index is 0. The van der Waals surface area contributed by atoms with Crippen molar-refractivity contribution in [2.45, 2.75) is 0 Å². The molecule has 0 atom stereocenters. The first kappa shape index (κ1) is 29.4. The van der Waals surface area contributed by atoms with Gasteiger partial charge in [-0.25, -0.2) is 0 Å². The molecule has 0 aliphatic heterocycles. The molecule has 13 heavy (non-hydrogen) atoms. The summed E-state index contributed by atoms with van der Waals surface area (Å²) in [6.07, 6.45) is 0. The molecule has 0 saturated carbocycles. The van der Waals surface area contributed by atoms with E-state index >= 15 is 0 Å². The molecule has 0 heterocycles. The van der Waals surface area contributed by atoms with Crippen LogP contribution in [0.5, 0.6) is 0 Å². The fourth-order valence-electron chi connectivity index (χ4n) is 0. The Labute approximate surface area is 111 Å². The predicted octanol–water partition coefficient (Wildman–Crippen LogP) is -8.14. The molecule has 13 heteroatoms. The number of hydrogen-bond donors (Lipinski definition) is 0. The second-order valence-corrected chi connectivity index (χ2v) is 4.65. The van der Waals surface area contributed by atoms with Crippen molar-refractivity contribution >= 4 is 29.0 Å². The Morgan fingerprint density at radius 1 is 0.538 bits per heavy atom. The van der Waals surface area contributed by atoms with E-state index in [1.54, 1.807) is 0 Å². The molecule has 79 valence electrons. The largest absolute Gasteiger partial charge is 2.00 e.